The average molecular weight is 460 g/mol. The molecule has 3 aromatic carbocycles. The van der Waals surface area contributed by atoms with E-state index in [1.165, 1.54) is 56.7 Å². The van der Waals surface area contributed by atoms with Crippen molar-refractivity contribution in [3.63, 3.8) is 0 Å². The molecule has 0 atom stereocenters. The summed E-state index contributed by atoms with van der Waals surface area (Å²) in [6.07, 6.45) is 1.52. The molecule has 9 heteroatoms. The Balaban J connectivity index is 2.05. The molecular weight excluding hydrogens is 440 g/mol. The van der Waals surface area contributed by atoms with Crippen LogP contribution in [0.1, 0.15) is 31.8 Å². The molecule has 0 saturated carbocycles. The van der Waals surface area contributed by atoms with Gasteiger partial charge in [0.05, 0.1) is 30.3 Å². The van der Waals surface area contributed by atoms with Gasteiger partial charge in [-0.15, -0.1) is 0 Å². The molecule has 172 valence electrons. The Kier molecular flexibility index (Phi) is 7.50. The lowest BCUT2D eigenvalue weighted by Crippen LogP contribution is -2.15. The van der Waals surface area contributed by atoms with Crippen LogP contribution in [0.4, 0.5) is 11.4 Å². The van der Waals surface area contributed by atoms with Crippen molar-refractivity contribution in [2.24, 2.45) is 0 Å². The zero-order chi connectivity index (χ0) is 24.7. The van der Waals surface area contributed by atoms with Crippen molar-refractivity contribution >= 4 is 40.9 Å². The van der Waals surface area contributed by atoms with Crippen LogP contribution in [-0.4, -0.2) is 37.0 Å². The maximum Gasteiger partial charge on any atom is 0.337 e. The molecule has 3 rings (SSSR count). The second kappa shape index (κ2) is 10.7. The fourth-order valence-corrected chi connectivity index (χ4v) is 3.16. The number of carbonyl (C=O) groups is 3. The van der Waals surface area contributed by atoms with Gasteiger partial charge in [-0.2, -0.15) is 0 Å². The number of carbonyl (C=O) groups excluding carboxylic acids is 3. The Morgan fingerprint density at radius 2 is 1.44 bits per heavy atom. The van der Waals surface area contributed by atoms with Gasteiger partial charge >= 0.3 is 11.9 Å². The van der Waals surface area contributed by atoms with E-state index in [-0.39, 0.29) is 28.1 Å². The smallest absolute Gasteiger partial charge is 0.337 e. The third-order valence-corrected chi connectivity index (χ3v) is 4.75. The summed E-state index contributed by atoms with van der Waals surface area (Å²) in [5, 5.41) is 13.8. The van der Waals surface area contributed by atoms with E-state index in [0.717, 1.165) is 0 Å². The minimum Gasteiger partial charge on any atom is -0.465 e. The topological polar surface area (TPSA) is 125 Å². The van der Waals surface area contributed by atoms with Crippen LogP contribution in [0.2, 0.25) is 0 Å². The van der Waals surface area contributed by atoms with Crippen LogP contribution in [0, 0.1) is 10.1 Å². The Morgan fingerprint density at radius 3 is 2.00 bits per heavy atom. The van der Waals surface area contributed by atoms with Crippen LogP contribution in [0.25, 0.3) is 11.6 Å². The summed E-state index contributed by atoms with van der Waals surface area (Å²) in [6.45, 7) is 0. The fraction of sp³-hybridized carbons (Fsp3) is 0.0800. The zero-order valence-corrected chi connectivity index (χ0v) is 18.3. The number of rotatable bonds is 7. The van der Waals surface area contributed by atoms with Gasteiger partial charge in [-0.3, -0.25) is 14.9 Å². The molecule has 1 amide bonds. The maximum absolute atomic E-state index is 13.3. The maximum atomic E-state index is 13.3. The van der Waals surface area contributed by atoms with Crippen LogP contribution in [0.5, 0.6) is 0 Å². The summed E-state index contributed by atoms with van der Waals surface area (Å²) in [7, 11) is 2.39. The number of benzene rings is 3. The number of nitro benzene ring substituents is 1. The number of esters is 2. The molecule has 1 N–H and O–H groups in total. The van der Waals surface area contributed by atoms with Crippen LogP contribution in [-0.2, 0) is 14.3 Å². The van der Waals surface area contributed by atoms with Gasteiger partial charge in [-0.25, -0.2) is 9.59 Å². The normalized spacial score (nSPS) is 10.8. The highest BCUT2D eigenvalue weighted by Crippen LogP contribution is 2.24. The van der Waals surface area contributed by atoms with Gasteiger partial charge in [0.25, 0.3) is 11.6 Å². The lowest BCUT2D eigenvalue weighted by molar-refractivity contribution is -0.384. The molecule has 0 aliphatic carbocycles. The minimum atomic E-state index is -0.698. The molecule has 0 bridgehead atoms. The first-order valence-corrected chi connectivity index (χ1v) is 9.97. The third-order valence-electron chi connectivity index (χ3n) is 4.75. The Morgan fingerprint density at radius 1 is 0.824 bits per heavy atom. The molecule has 0 heterocycles. The number of hydrogen-bond acceptors (Lipinski definition) is 7. The molecule has 0 fully saturated rings. The zero-order valence-electron chi connectivity index (χ0n) is 18.3. The van der Waals surface area contributed by atoms with Crippen molar-refractivity contribution in [3.05, 3.63) is 105 Å². The number of non-ortho nitro benzene ring substituents is 1. The summed E-state index contributed by atoms with van der Waals surface area (Å²) in [5.74, 6) is -1.95. The van der Waals surface area contributed by atoms with Crippen molar-refractivity contribution in [3.8, 4) is 0 Å². The average Bonchev–Trinajstić information content (AvgIpc) is 2.86. The van der Waals surface area contributed by atoms with E-state index in [2.05, 4.69) is 5.32 Å². The number of ether oxygens (including phenoxy) is 2. The highest BCUT2D eigenvalue weighted by atomic mass is 16.6. The molecule has 0 aliphatic heterocycles. The molecule has 0 unspecified atom stereocenters. The van der Waals surface area contributed by atoms with Crippen LogP contribution >= 0.6 is 0 Å². The van der Waals surface area contributed by atoms with E-state index in [0.29, 0.717) is 11.1 Å². The SMILES string of the molecule is COC(=O)c1cc(NC(=O)/C(=C/c2cccc([N+](=O)[O-])c2)c2ccccc2)cc(C(=O)OC)c1. The predicted molar refractivity (Wildman–Crippen MR) is 125 cm³/mol. The molecule has 9 nitrogen and oxygen atoms in total. The van der Waals surface area contributed by atoms with Crippen LogP contribution in [0.3, 0.4) is 0 Å². The highest BCUT2D eigenvalue weighted by molar-refractivity contribution is 6.29. The monoisotopic (exact) mass is 460 g/mol. The summed E-state index contributed by atoms with van der Waals surface area (Å²) in [5.41, 5.74) is 1.35. The fourth-order valence-electron chi connectivity index (χ4n) is 3.16. The Bertz CT molecular complexity index is 1250. The first-order chi connectivity index (χ1) is 16.3. The van der Waals surface area contributed by atoms with Gasteiger partial charge in [-0.05, 0) is 35.4 Å². The molecule has 34 heavy (non-hydrogen) atoms. The molecule has 0 saturated heterocycles. The number of nitrogens with one attached hydrogen (secondary N) is 1. The van der Waals surface area contributed by atoms with Gasteiger partial charge in [-0.1, -0.05) is 42.5 Å². The number of hydrogen-bond donors (Lipinski definition) is 1. The number of anilines is 1. The summed E-state index contributed by atoms with van der Waals surface area (Å²) >= 11 is 0. The third kappa shape index (κ3) is 5.71. The summed E-state index contributed by atoms with van der Waals surface area (Å²) in [6, 6.07) is 18.6. The van der Waals surface area contributed by atoms with E-state index < -0.39 is 22.8 Å². The number of nitro groups is 1. The molecule has 0 radical (unpaired) electrons. The second-order valence-electron chi connectivity index (χ2n) is 7.01. The van der Waals surface area contributed by atoms with Gasteiger partial charge in [0.2, 0.25) is 0 Å². The van der Waals surface area contributed by atoms with Gasteiger partial charge in [0.15, 0.2) is 0 Å². The predicted octanol–water partition coefficient (Wildman–Crippen LogP) is 4.35. The van der Waals surface area contributed by atoms with Gasteiger partial charge < -0.3 is 14.8 Å². The number of methoxy groups -OCH3 is 2. The van der Waals surface area contributed by atoms with E-state index in [1.54, 1.807) is 36.4 Å². The van der Waals surface area contributed by atoms with E-state index >= 15 is 0 Å². The quantitative estimate of drug-likeness (QED) is 0.183. The van der Waals surface area contributed by atoms with Crippen molar-refractivity contribution in [2.75, 3.05) is 19.5 Å². The molecule has 0 aliphatic rings. The number of nitrogens with zero attached hydrogens (tertiary/aromatic N) is 1. The summed E-state index contributed by atoms with van der Waals surface area (Å²) < 4.78 is 9.44. The standard InChI is InChI=1S/C25H20N2O7/c1-33-24(29)18-13-19(25(30)34-2)15-20(14-18)26-23(28)22(17-8-4-3-5-9-17)12-16-7-6-10-21(11-16)27(31)32/h3-15H,1-2H3,(H,26,28)/b22-12+. The van der Waals surface area contributed by atoms with E-state index in [4.69, 9.17) is 9.47 Å². The van der Waals surface area contributed by atoms with E-state index in [1.807, 2.05) is 0 Å². The highest BCUT2D eigenvalue weighted by Gasteiger charge is 2.18. The molecular formula is C25H20N2O7. The first kappa shape index (κ1) is 23.9. The largest absolute Gasteiger partial charge is 0.465 e. The van der Waals surface area contributed by atoms with Crippen LogP contribution in [0.15, 0.2) is 72.8 Å². The first-order valence-electron chi connectivity index (χ1n) is 9.97. The second-order valence-corrected chi connectivity index (χ2v) is 7.01. The van der Waals surface area contributed by atoms with Crippen molar-refractivity contribution in [1.29, 1.82) is 0 Å². The number of amides is 1. The van der Waals surface area contributed by atoms with E-state index in [9.17, 15) is 24.5 Å². The molecule has 0 spiro atoms. The lowest BCUT2D eigenvalue weighted by atomic mass is 10.0. The van der Waals surface area contributed by atoms with Gasteiger partial charge in [0, 0.05) is 23.4 Å². The van der Waals surface area contributed by atoms with Crippen molar-refractivity contribution in [2.45, 2.75) is 0 Å². The molecule has 3 aromatic rings. The Labute approximate surface area is 194 Å². The Hall–Kier alpha value is -4.79. The summed E-state index contributed by atoms with van der Waals surface area (Å²) in [4.78, 5) is 48.0. The minimum absolute atomic E-state index is 0.0459. The van der Waals surface area contributed by atoms with Crippen molar-refractivity contribution in [1.82, 2.24) is 0 Å². The lowest BCUT2D eigenvalue weighted by Gasteiger charge is -2.12. The molecule has 0 aromatic heterocycles. The van der Waals surface area contributed by atoms with Crippen molar-refractivity contribution < 1.29 is 28.8 Å². The van der Waals surface area contributed by atoms with Gasteiger partial charge in [0.1, 0.15) is 0 Å². The van der Waals surface area contributed by atoms with Crippen LogP contribution < -0.4 is 5.32 Å².